The van der Waals surface area contributed by atoms with E-state index in [0.29, 0.717) is 0 Å². The summed E-state index contributed by atoms with van der Waals surface area (Å²) in [4.78, 5) is 1.31. The molecule has 15 heavy (non-hydrogen) atoms. The second-order valence-corrected chi connectivity index (χ2v) is 5.93. The lowest BCUT2D eigenvalue weighted by Gasteiger charge is -2.17. The van der Waals surface area contributed by atoms with Crippen LogP contribution in [0.25, 0.3) is 0 Å². The monoisotopic (exact) mass is 222 g/mol. The molecule has 0 radical (unpaired) electrons. The SMILES string of the molecule is CC(C)(O)c1ccc(SCC2CC2)cc1. The fourth-order valence-corrected chi connectivity index (χ4v) is 2.55. The second-order valence-electron chi connectivity index (χ2n) is 4.84. The van der Waals surface area contributed by atoms with Crippen LogP contribution in [0.2, 0.25) is 0 Å². The first-order valence-electron chi connectivity index (χ1n) is 5.51. The number of aliphatic hydroxyl groups is 1. The van der Waals surface area contributed by atoms with Gasteiger partial charge in [0.05, 0.1) is 5.60 Å². The van der Waals surface area contributed by atoms with Crippen molar-refractivity contribution in [2.24, 2.45) is 5.92 Å². The normalized spacial score (nSPS) is 16.7. The van der Waals surface area contributed by atoms with E-state index >= 15 is 0 Å². The highest BCUT2D eigenvalue weighted by molar-refractivity contribution is 7.99. The van der Waals surface area contributed by atoms with Gasteiger partial charge in [0, 0.05) is 10.6 Å². The zero-order chi connectivity index (χ0) is 10.9. The average molecular weight is 222 g/mol. The molecule has 82 valence electrons. The Balaban J connectivity index is 1.96. The summed E-state index contributed by atoms with van der Waals surface area (Å²) in [6.07, 6.45) is 2.82. The minimum Gasteiger partial charge on any atom is -0.386 e. The Morgan fingerprint density at radius 3 is 2.33 bits per heavy atom. The molecule has 1 aliphatic rings. The van der Waals surface area contributed by atoms with Crippen LogP contribution in [0.15, 0.2) is 29.2 Å². The second kappa shape index (κ2) is 4.18. The Morgan fingerprint density at radius 2 is 1.87 bits per heavy atom. The predicted molar refractivity (Wildman–Crippen MR) is 65.1 cm³/mol. The standard InChI is InChI=1S/C13H18OS/c1-13(2,14)11-5-7-12(8-6-11)15-9-10-3-4-10/h5-8,10,14H,3-4,9H2,1-2H3. The molecule has 1 N–H and O–H groups in total. The zero-order valence-corrected chi connectivity index (χ0v) is 10.2. The molecule has 2 heteroatoms. The van der Waals surface area contributed by atoms with Gasteiger partial charge in [-0.2, -0.15) is 0 Å². The van der Waals surface area contributed by atoms with Crippen LogP contribution < -0.4 is 0 Å². The molecule has 0 atom stereocenters. The van der Waals surface area contributed by atoms with Gasteiger partial charge in [-0.3, -0.25) is 0 Å². The summed E-state index contributed by atoms with van der Waals surface area (Å²) >= 11 is 1.93. The third-order valence-corrected chi connectivity index (χ3v) is 3.99. The Bertz CT molecular complexity index is 319. The van der Waals surface area contributed by atoms with E-state index in [1.165, 1.54) is 23.5 Å². The molecule has 1 aromatic carbocycles. The number of benzene rings is 1. The molecular weight excluding hydrogens is 204 g/mol. The summed E-state index contributed by atoms with van der Waals surface area (Å²) in [5.41, 5.74) is 0.262. The molecule has 0 unspecified atom stereocenters. The largest absolute Gasteiger partial charge is 0.386 e. The van der Waals surface area contributed by atoms with Gasteiger partial charge in [0.15, 0.2) is 0 Å². The molecule has 0 amide bonds. The predicted octanol–water partition coefficient (Wildman–Crippen LogP) is 3.42. The summed E-state index contributed by atoms with van der Waals surface area (Å²) < 4.78 is 0. The fourth-order valence-electron chi connectivity index (χ4n) is 1.46. The summed E-state index contributed by atoms with van der Waals surface area (Å²) in [5, 5.41) is 9.80. The minimum absolute atomic E-state index is 0.723. The highest BCUT2D eigenvalue weighted by Crippen LogP contribution is 2.35. The van der Waals surface area contributed by atoms with Crippen molar-refractivity contribution in [1.82, 2.24) is 0 Å². The number of hydrogen-bond acceptors (Lipinski definition) is 2. The van der Waals surface area contributed by atoms with Gasteiger partial charge < -0.3 is 5.11 Å². The van der Waals surface area contributed by atoms with E-state index in [0.717, 1.165) is 11.5 Å². The lowest BCUT2D eigenvalue weighted by atomic mass is 9.99. The van der Waals surface area contributed by atoms with E-state index in [4.69, 9.17) is 0 Å². The van der Waals surface area contributed by atoms with Gasteiger partial charge in [0.2, 0.25) is 0 Å². The van der Waals surface area contributed by atoms with Crippen LogP contribution >= 0.6 is 11.8 Å². The minimum atomic E-state index is -0.723. The van der Waals surface area contributed by atoms with Crippen molar-refractivity contribution >= 4 is 11.8 Å². The topological polar surface area (TPSA) is 20.2 Å². The van der Waals surface area contributed by atoms with Crippen molar-refractivity contribution < 1.29 is 5.11 Å². The maximum Gasteiger partial charge on any atom is 0.0840 e. The molecule has 0 aromatic heterocycles. The molecule has 1 nitrogen and oxygen atoms in total. The van der Waals surface area contributed by atoms with Gasteiger partial charge in [0.1, 0.15) is 0 Å². The van der Waals surface area contributed by atoms with Gasteiger partial charge in [-0.25, -0.2) is 0 Å². The third kappa shape index (κ3) is 3.25. The molecule has 1 saturated carbocycles. The Kier molecular flexibility index (Phi) is 3.08. The quantitative estimate of drug-likeness (QED) is 0.788. The third-order valence-electron chi connectivity index (χ3n) is 2.74. The lowest BCUT2D eigenvalue weighted by Crippen LogP contribution is -2.14. The van der Waals surface area contributed by atoms with Crippen molar-refractivity contribution in [3.63, 3.8) is 0 Å². The summed E-state index contributed by atoms with van der Waals surface area (Å²) in [5.74, 6) is 2.21. The molecule has 0 spiro atoms. The Hall–Kier alpha value is -0.470. The first kappa shape index (κ1) is 11.0. The molecule has 1 aliphatic carbocycles. The Labute approximate surface area is 95.9 Å². The van der Waals surface area contributed by atoms with Crippen molar-refractivity contribution in [2.75, 3.05) is 5.75 Å². The summed E-state index contributed by atoms with van der Waals surface area (Å²) in [6, 6.07) is 8.27. The van der Waals surface area contributed by atoms with E-state index in [1.807, 2.05) is 37.7 Å². The summed E-state index contributed by atoms with van der Waals surface area (Å²) in [7, 11) is 0. The molecule has 1 fully saturated rings. The lowest BCUT2D eigenvalue weighted by molar-refractivity contribution is 0.0785. The van der Waals surface area contributed by atoms with Crippen LogP contribution in [-0.2, 0) is 5.60 Å². The fraction of sp³-hybridized carbons (Fsp3) is 0.538. The Morgan fingerprint density at radius 1 is 1.27 bits per heavy atom. The van der Waals surface area contributed by atoms with Crippen molar-refractivity contribution in [3.05, 3.63) is 29.8 Å². The van der Waals surface area contributed by atoms with Crippen LogP contribution in [-0.4, -0.2) is 10.9 Å². The number of hydrogen-bond donors (Lipinski definition) is 1. The molecule has 2 rings (SSSR count). The zero-order valence-electron chi connectivity index (χ0n) is 9.36. The van der Waals surface area contributed by atoms with Crippen LogP contribution in [0.3, 0.4) is 0 Å². The van der Waals surface area contributed by atoms with E-state index in [1.54, 1.807) is 0 Å². The van der Waals surface area contributed by atoms with E-state index < -0.39 is 5.60 Å². The average Bonchev–Trinajstić information content (AvgIpc) is 2.97. The first-order chi connectivity index (χ1) is 7.05. The number of rotatable bonds is 4. The molecule has 0 saturated heterocycles. The van der Waals surface area contributed by atoms with Crippen molar-refractivity contribution in [2.45, 2.75) is 37.2 Å². The maximum atomic E-state index is 9.80. The van der Waals surface area contributed by atoms with Gasteiger partial charge in [-0.05, 0) is 50.3 Å². The van der Waals surface area contributed by atoms with E-state index in [2.05, 4.69) is 12.1 Å². The summed E-state index contributed by atoms with van der Waals surface area (Å²) in [6.45, 7) is 3.64. The highest BCUT2D eigenvalue weighted by Gasteiger charge is 2.21. The van der Waals surface area contributed by atoms with Crippen LogP contribution in [0, 0.1) is 5.92 Å². The van der Waals surface area contributed by atoms with E-state index in [9.17, 15) is 5.11 Å². The van der Waals surface area contributed by atoms with Crippen LogP contribution in [0.1, 0.15) is 32.3 Å². The molecule has 0 bridgehead atoms. The highest BCUT2D eigenvalue weighted by atomic mass is 32.2. The first-order valence-corrected chi connectivity index (χ1v) is 6.50. The van der Waals surface area contributed by atoms with Crippen molar-refractivity contribution in [3.8, 4) is 0 Å². The van der Waals surface area contributed by atoms with Gasteiger partial charge in [0.25, 0.3) is 0 Å². The molecular formula is C13H18OS. The van der Waals surface area contributed by atoms with E-state index in [-0.39, 0.29) is 0 Å². The smallest absolute Gasteiger partial charge is 0.0840 e. The van der Waals surface area contributed by atoms with Crippen molar-refractivity contribution in [1.29, 1.82) is 0 Å². The van der Waals surface area contributed by atoms with Crippen LogP contribution in [0.5, 0.6) is 0 Å². The van der Waals surface area contributed by atoms with Gasteiger partial charge in [-0.15, -0.1) is 11.8 Å². The van der Waals surface area contributed by atoms with Gasteiger partial charge in [-0.1, -0.05) is 12.1 Å². The van der Waals surface area contributed by atoms with Gasteiger partial charge >= 0.3 is 0 Å². The maximum absolute atomic E-state index is 9.80. The number of thioether (sulfide) groups is 1. The molecule has 1 aromatic rings. The molecule has 0 aliphatic heterocycles. The molecule has 0 heterocycles. The van der Waals surface area contributed by atoms with Crippen LogP contribution in [0.4, 0.5) is 0 Å².